The number of hydrogen-bond donors (Lipinski definition) is 1. The van der Waals surface area contributed by atoms with Crippen molar-refractivity contribution in [1.29, 1.82) is 0 Å². The van der Waals surface area contributed by atoms with E-state index < -0.39 is 16.1 Å². The Kier molecular flexibility index (Phi) is 6.19. The lowest BCUT2D eigenvalue weighted by Crippen LogP contribution is -2.51. The lowest BCUT2D eigenvalue weighted by molar-refractivity contribution is -0.128. The van der Waals surface area contributed by atoms with Crippen molar-refractivity contribution in [2.45, 2.75) is 37.3 Å². The van der Waals surface area contributed by atoms with Crippen molar-refractivity contribution in [3.8, 4) is 5.75 Å². The Morgan fingerprint density at radius 3 is 2.38 bits per heavy atom. The fourth-order valence-corrected chi connectivity index (χ4v) is 5.27. The predicted molar refractivity (Wildman–Crippen MR) is 124 cm³/mol. The van der Waals surface area contributed by atoms with E-state index in [0.29, 0.717) is 17.9 Å². The Labute approximate surface area is 188 Å². The summed E-state index contributed by atoms with van der Waals surface area (Å²) in [7, 11) is -3.86. The SMILES string of the molecule is CCC(NC(=O)C1CN(S(=O)(=O)c2ccccc2)c2ccccc2O1)c1ccc(C)cc1. The van der Waals surface area contributed by atoms with Gasteiger partial charge in [0.2, 0.25) is 0 Å². The topological polar surface area (TPSA) is 75.7 Å². The Morgan fingerprint density at radius 1 is 1.03 bits per heavy atom. The molecule has 0 spiro atoms. The Bertz CT molecular complexity index is 1190. The minimum atomic E-state index is -3.86. The highest BCUT2D eigenvalue weighted by molar-refractivity contribution is 7.92. The molecule has 1 amide bonds. The number of carbonyl (C=O) groups excluding carboxylic acids is 1. The van der Waals surface area contributed by atoms with Gasteiger partial charge >= 0.3 is 0 Å². The van der Waals surface area contributed by atoms with Crippen LogP contribution in [0.2, 0.25) is 0 Å². The lowest BCUT2D eigenvalue weighted by Gasteiger charge is -2.35. The minimum Gasteiger partial charge on any atom is -0.476 e. The third-order valence-corrected chi connectivity index (χ3v) is 7.36. The molecule has 6 nitrogen and oxygen atoms in total. The first-order valence-electron chi connectivity index (χ1n) is 10.6. The highest BCUT2D eigenvalue weighted by Crippen LogP contribution is 2.37. The van der Waals surface area contributed by atoms with Gasteiger partial charge in [-0.25, -0.2) is 8.42 Å². The van der Waals surface area contributed by atoms with E-state index in [1.165, 1.54) is 4.31 Å². The van der Waals surface area contributed by atoms with Crippen LogP contribution < -0.4 is 14.4 Å². The summed E-state index contributed by atoms with van der Waals surface area (Å²) in [5.74, 6) is 0.0157. The van der Waals surface area contributed by atoms with Crippen molar-refractivity contribution in [1.82, 2.24) is 5.32 Å². The van der Waals surface area contributed by atoms with Gasteiger partial charge in [0.25, 0.3) is 15.9 Å². The zero-order chi connectivity index (χ0) is 22.7. The number of para-hydroxylation sites is 2. The first kappa shape index (κ1) is 21.9. The summed E-state index contributed by atoms with van der Waals surface area (Å²) in [6.07, 6.45) is -0.271. The molecule has 3 aromatic rings. The molecule has 1 aliphatic heterocycles. The maximum atomic E-state index is 13.4. The monoisotopic (exact) mass is 450 g/mol. The van der Waals surface area contributed by atoms with Gasteiger partial charge in [-0.15, -0.1) is 0 Å². The molecule has 0 radical (unpaired) electrons. The Morgan fingerprint density at radius 2 is 1.69 bits per heavy atom. The number of carbonyl (C=O) groups is 1. The normalized spacial score (nSPS) is 16.6. The molecule has 32 heavy (non-hydrogen) atoms. The number of nitrogens with zero attached hydrogens (tertiary/aromatic N) is 1. The van der Waals surface area contributed by atoms with Gasteiger partial charge < -0.3 is 10.1 Å². The summed E-state index contributed by atoms with van der Waals surface area (Å²) in [5.41, 5.74) is 2.56. The van der Waals surface area contributed by atoms with E-state index in [4.69, 9.17) is 4.74 Å². The molecule has 0 fully saturated rings. The number of amides is 1. The molecule has 0 aliphatic carbocycles. The van der Waals surface area contributed by atoms with Crippen LogP contribution in [0.4, 0.5) is 5.69 Å². The molecule has 2 atom stereocenters. The van der Waals surface area contributed by atoms with Crippen LogP contribution in [0.1, 0.15) is 30.5 Å². The fraction of sp³-hybridized carbons (Fsp3) is 0.240. The van der Waals surface area contributed by atoms with Gasteiger partial charge in [0.05, 0.1) is 23.2 Å². The zero-order valence-electron chi connectivity index (χ0n) is 18.1. The van der Waals surface area contributed by atoms with Gasteiger partial charge in [-0.2, -0.15) is 0 Å². The molecule has 1 aliphatic rings. The number of benzene rings is 3. The van der Waals surface area contributed by atoms with E-state index in [2.05, 4.69) is 5.32 Å². The third-order valence-electron chi connectivity index (χ3n) is 5.56. The van der Waals surface area contributed by atoms with E-state index in [1.54, 1.807) is 54.6 Å². The summed E-state index contributed by atoms with van der Waals surface area (Å²) in [6, 6.07) is 22.9. The average molecular weight is 451 g/mol. The van der Waals surface area contributed by atoms with Crippen molar-refractivity contribution in [3.05, 3.63) is 90.0 Å². The maximum absolute atomic E-state index is 13.4. The first-order chi connectivity index (χ1) is 15.4. The van der Waals surface area contributed by atoms with Gasteiger partial charge in [0, 0.05) is 0 Å². The highest BCUT2D eigenvalue weighted by Gasteiger charge is 2.37. The Hall–Kier alpha value is -3.32. The Balaban J connectivity index is 1.62. The molecule has 166 valence electrons. The molecule has 1 N–H and O–H groups in total. The molecule has 4 rings (SSSR count). The summed E-state index contributed by atoms with van der Waals surface area (Å²) in [6.45, 7) is 3.90. The van der Waals surface area contributed by atoms with Gasteiger partial charge in [0.1, 0.15) is 5.75 Å². The largest absolute Gasteiger partial charge is 0.476 e. The summed E-state index contributed by atoms with van der Waals surface area (Å²) in [4.78, 5) is 13.3. The minimum absolute atomic E-state index is 0.107. The molecule has 0 saturated heterocycles. The quantitative estimate of drug-likeness (QED) is 0.610. The van der Waals surface area contributed by atoms with E-state index in [0.717, 1.165) is 11.1 Å². The van der Waals surface area contributed by atoms with E-state index in [-0.39, 0.29) is 23.4 Å². The molecule has 3 aromatic carbocycles. The van der Waals surface area contributed by atoms with Gasteiger partial charge in [-0.1, -0.05) is 67.1 Å². The molecular formula is C25H26N2O4S. The molecule has 7 heteroatoms. The summed E-state index contributed by atoms with van der Waals surface area (Å²) < 4.78 is 34.0. The van der Waals surface area contributed by atoms with E-state index >= 15 is 0 Å². The van der Waals surface area contributed by atoms with Crippen molar-refractivity contribution >= 4 is 21.6 Å². The second kappa shape index (κ2) is 9.04. The van der Waals surface area contributed by atoms with E-state index in [9.17, 15) is 13.2 Å². The number of rotatable bonds is 6. The van der Waals surface area contributed by atoms with E-state index in [1.807, 2.05) is 38.1 Å². The van der Waals surface area contributed by atoms with Crippen LogP contribution in [0.25, 0.3) is 0 Å². The number of anilines is 1. The predicted octanol–water partition coefficient (Wildman–Crippen LogP) is 4.22. The number of hydrogen-bond acceptors (Lipinski definition) is 4. The number of sulfonamides is 1. The summed E-state index contributed by atoms with van der Waals surface area (Å²) in [5, 5.41) is 3.03. The molecule has 0 aromatic heterocycles. The van der Waals surface area contributed by atoms with Crippen molar-refractivity contribution in [2.75, 3.05) is 10.8 Å². The standard InChI is InChI=1S/C25H26N2O4S/c1-3-21(19-15-13-18(2)14-16-19)26-25(28)24-17-27(22-11-7-8-12-23(22)31-24)32(29,30)20-9-5-4-6-10-20/h4-16,21,24H,3,17H2,1-2H3,(H,26,28). The average Bonchev–Trinajstić information content (AvgIpc) is 2.82. The van der Waals surface area contributed by atoms with Gasteiger partial charge in [-0.05, 0) is 43.2 Å². The number of fused-ring (bicyclic) bond motifs is 1. The van der Waals surface area contributed by atoms with Crippen molar-refractivity contribution in [3.63, 3.8) is 0 Å². The first-order valence-corrected chi connectivity index (χ1v) is 12.0. The highest BCUT2D eigenvalue weighted by atomic mass is 32.2. The molecule has 0 bridgehead atoms. The number of nitrogens with one attached hydrogen (secondary N) is 1. The van der Waals surface area contributed by atoms with Crippen LogP contribution >= 0.6 is 0 Å². The fourth-order valence-electron chi connectivity index (χ4n) is 3.77. The van der Waals surface area contributed by atoms with Crippen molar-refractivity contribution in [2.24, 2.45) is 0 Å². The summed E-state index contributed by atoms with van der Waals surface area (Å²) >= 11 is 0. The second-order valence-corrected chi connectivity index (χ2v) is 9.67. The van der Waals surface area contributed by atoms with Crippen LogP contribution in [0.15, 0.2) is 83.8 Å². The third kappa shape index (κ3) is 4.34. The van der Waals surface area contributed by atoms with Crippen molar-refractivity contribution < 1.29 is 17.9 Å². The van der Waals surface area contributed by atoms with Crippen LogP contribution in [-0.4, -0.2) is 27.0 Å². The van der Waals surface area contributed by atoms with Crippen LogP contribution in [0, 0.1) is 6.92 Å². The molecular weight excluding hydrogens is 424 g/mol. The smallest absolute Gasteiger partial charge is 0.264 e. The molecule has 1 heterocycles. The van der Waals surface area contributed by atoms with Gasteiger partial charge in [0.15, 0.2) is 6.10 Å². The maximum Gasteiger partial charge on any atom is 0.264 e. The van der Waals surface area contributed by atoms with Gasteiger partial charge in [-0.3, -0.25) is 9.10 Å². The number of ether oxygens (including phenoxy) is 1. The zero-order valence-corrected chi connectivity index (χ0v) is 18.9. The second-order valence-electron chi connectivity index (χ2n) is 7.80. The lowest BCUT2D eigenvalue weighted by atomic mass is 10.0. The number of aryl methyl sites for hydroxylation is 1. The van der Waals surface area contributed by atoms with Crippen LogP contribution in [-0.2, 0) is 14.8 Å². The molecule has 0 saturated carbocycles. The van der Waals surface area contributed by atoms with Crippen LogP contribution in [0.5, 0.6) is 5.75 Å². The molecule has 2 unspecified atom stereocenters. The van der Waals surface area contributed by atoms with Crippen LogP contribution in [0.3, 0.4) is 0 Å².